The number of anilines is 6. The molecule has 0 unspecified atom stereocenters. The third kappa shape index (κ3) is 6.21. The number of benzene rings is 7. The molecule has 0 bridgehead atoms. The molecule has 3 nitrogen and oxygen atoms in total. The Morgan fingerprint density at radius 3 is 1.88 bits per heavy atom. The van der Waals surface area contributed by atoms with Gasteiger partial charge in [0.05, 0.1) is 11.4 Å². The first kappa shape index (κ1) is 40.7. The van der Waals surface area contributed by atoms with E-state index in [1.54, 1.807) is 0 Å². The molecule has 318 valence electrons. The number of para-hydroxylation sites is 1. The summed E-state index contributed by atoms with van der Waals surface area (Å²) in [5, 5.41) is 3.91. The summed E-state index contributed by atoms with van der Waals surface area (Å²) >= 11 is 1.99. The number of aromatic nitrogens is 1. The Balaban J connectivity index is 1.22. The van der Waals surface area contributed by atoms with Gasteiger partial charge < -0.3 is 14.4 Å². The minimum atomic E-state index is -0.0319. The van der Waals surface area contributed by atoms with Crippen LogP contribution >= 0.6 is 11.3 Å². The third-order valence-electron chi connectivity index (χ3n) is 14.3. The topological polar surface area (TPSA) is 11.4 Å². The van der Waals surface area contributed by atoms with Crippen molar-refractivity contribution in [2.75, 3.05) is 9.80 Å². The van der Waals surface area contributed by atoms with Gasteiger partial charge in [0.2, 0.25) is 0 Å². The maximum Gasteiger partial charge on any atom is 0.264 e. The number of hydrogen-bond acceptors (Lipinski definition) is 3. The van der Waals surface area contributed by atoms with Crippen LogP contribution in [0, 0.1) is 0 Å². The standard InChI is InChI=1S/C59H58BN3S/c1-35(2)37-19-25-42(26-20-37)62-52-17-14-18-53-55(52)60(57-56(62)46-34-41(59(8,9)10)24-30-54(46)64-57)47-32-38(36(3)4)21-28-51(47)63(53)50-29-23-40(58(5,6)7)33-44(50)39-22-27-49-45(31-39)43-15-12-13-16-48(43)61(49)11/h12-36H,1-11H3. The molecule has 0 radical (unpaired) electrons. The van der Waals surface area contributed by atoms with Gasteiger partial charge in [0, 0.05) is 72.0 Å². The predicted molar refractivity (Wildman–Crippen MR) is 281 cm³/mol. The van der Waals surface area contributed by atoms with Gasteiger partial charge in [-0.1, -0.05) is 136 Å². The molecule has 0 amide bonds. The maximum absolute atomic E-state index is 2.61. The number of thiophene rings is 1. The van der Waals surface area contributed by atoms with E-state index in [4.69, 9.17) is 0 Å². The van der Waals surface area contributed by atoms with E-state index < -0.39 is 0 Å². The first-order valence-corrected chi connectivity index (χ1v) is 24.1. The zero-order valence-corrected chi connectivity index (χ0v) is 40.1. The molecule has 5 heteroatoms. The third-order valence-corrected chi connectivity index (χ3v) is 15.5. The summed E-state index contributed by atoms with van der Waals surface area (Å²) in [6, 6.07) is 54.2. The molecular formula is C59H58BN3S. The summed E-state index contributed by atoms with van der Waals surface area (Å²) in [5.41, 5.74) is 20.6. The lowest BCUT2D eigenvalue weighted by atomic mass is 9.36. The first-order valence-electron chi connectivity index (χ1n) is 23.2. The quantitative estimate of drug-likeness (QED) is 0.160. The SMILES string of the molecule is CC(C)c1ccc(N2c3cccc4c3B(c3cc(C(C)C)ccc3N4c3ccc(C(C)(C)C)cc3-c3ccc4c(c3)c3ccccc3n4C)c3sc4ccc(C(C)(C)C)cc4c32)cc1. The molecule has 0 N–H and O–H groups in total. The van der Waals surface area contributed by atoms with Gasteiger partial charge in [0.15, 0.2) is 0 Å². The van der Waals surface area contributed by atoms with E-state index in [1.165, 1.54) is 115 Å². The molecule has 7 aromatic carbocycles. The van der Waals surface area contributed by atoms with Crippen LogP contribution in [0.4, 0.5) is 34.1 Å². The first-order chi connectivity index (χ1) is 30.6. The van der Waals surface area contributed by atoms with E-state index in [0.29, 0.717) is 11.8 Å². The van der Waals surface area contributed by atoms with E-state index in [1.807, 2.05) is 11.3 Å². The van der Waals surface area contributed by atoms with Crippen LogP contribution in [0.25, 0.3) is 43.0 Å². The number of fused-ring (bicyclic) bond motifs is 9. The minimum absolute atomic E-state index is 0.0228. The largest absolute Gasteiger partial charge is 0.344 e. The molecule has 0 fully saturated rings. The van der Waals surface area contributed by atoms with Crippen molar-refractivity contribution in [3.8, 4) is 11.1 Å². The summed E-state index contributed by atoms with van der Waals surface area (Å²) in [6.07, 6.45) is 0. The lowest BCUT2D eigenvalue weighted by Gasteiger charge is -2.43. The minimum Gasteiger partial charge on any atom is -0.344 e. The fraction of sp³-hybridized carbons (Fsp3) is 0.254. The van der Waals surface area contributed by atoms with E-state index >= 15 is 0 Å². The Bertz CT molecular complexity index is 3330. The summed E-state index contributed by atoms with van der Waals surface area (Å²) in [4.78, 5) is 5.22. The van der Waals surface area contributed by atoms with Crippen molar-refractivity contribution in [3.63, 3.8) is 0 Å². The Morgan fingerprint density at radius 1 is 0.516 bits per heavy atom. The molecule has 2 aliphatic rings. The Kier molecular flexibility index (Phi) is 9.22. The maximum atomic E-state index is 2.61. The number of nitrogens with zero attached hydrogens (tertiary/aromatic N) is 3. The van der Waals surface area contributed by atoms with Crippen molar-refractivity contribution in [2.45, 2.75) is 91.9 Å². The van der Waals surface area contributed by atoms with Crippen molar-refractivity contribution < 1.29 is 0 Å². The van der Waals surface area contributed by atoms with E-state index in [9.17, 15) is 0 Å². The highest BCUT2D eigenvalue weighted by Gasteiger charge is 2.45. The molecule has 9 aromatic rings. The molecule has 0 aliphatic carbocycles. The van der Waals surface area contributed by atoms with Crippen LogP contribution in [-0.2, 0) is 17.9 Å². The van der Waals surface area contributed by atoms with Crippen LogP contribution in [0.2, 0.25) is 0 Å². The molecule has 0 spiro atoms. The zero-order valence-electron chi connectivity index (χ0n) is 39.3. The highest BCUT2D eigenvalue weighted by atomic mass is 32.1. The molecule has 2 aromatic heterocycles. The number of rotatable bonds is 5. The Morgan fingerprint density at radius 2 is 1.16 bits per heavy atom. The fourth-order valence-electron chi connectivity index (χ4n) is 10.6. The predicted octanol–water partition coefficient (Wildman–Crippen LogP) is 15.1. The van der Waals surface area contributed by atoms with Gasteiger partial charge in [-0.05, 0) is 134 Å². The average Bonchev–Trinajstić information content (AvgIpc) is 3.79. The molecule has 2 aliphatic heterocycles. The van der Waals surface area contributed by atoms with Gasteiger partial charge in [0.1, 0.15) is 0 Å². The van der Waals surface area contributed by atoms with Crippen LogP contribution in [0.1, 0.15) is 103 Å². The van der Waals surface area contributed by atoms with E-state index in [2.05, 4.69) is 230 Å². The highest BCUT2D eigenvalue weighted by Crippen LogP contribution is 2.50. The lowest BCUT2D eigenvalue weighted by molar-refractivity contribution is 0.590. The average molecular weight is 852 g/mol. The normalized spacial score (nSPS) is 13.7. The summed E-state index contributed by atoms with van der Waals surface area (Å²) in [6.45, 7) is 23.3. The molecule has 64 heavy (non-hydrogen) atoms. The number of aryl methyl sites for hydroxylation is 1. The monoisotopic (exact) mass is 851 g/mol. The Hall–Kier alpha value is -6.04. The van der Waals surface area contributed by atoms with Crippen LogP contribution in [-0.4, -0.2) is 11.3 Å². The second kappa shape index (κ2) is 14.5. The summed E-state index contributed by atoms with van der Waals surface area (Å²) in [7, 11) is 2.19. The molecule has 0 atom stereocenters. The van der Waals surface area contributed by atoms with Gasteiger partial charge >= 0.3 is 0 Å². The summed E-state index contributed by atoms with van der Waals surface area (Å²) < 4.78 is 5.09. The van der Waals surface area contributed by atoms with Gasteiger partial charge in [-0.15, -0.1) is 11.3 Å². The molecule has 4 heterocycles. The smallest absolute Gasteiger partial charge is 0.264 e. The van der Waals surface area contributed by atoms with Crippen LogP contribution in [0.15, 0.2) is 140 Å². The zero-order chi connectivity index (χ0) is 44.6. The second-order valence-corrected chi connectivity index (χ2v) is 22.2. The van der Waals surface area contributed by atoms with E-state index in [-0.39, 0.29) is 17.5 Å². The molecular weight excluding hydrogens is 794 g/mol. The fourth-order valence-corrected chi connectivity index (χ4v) is 11.9. The van der Waals surface area contributed by atoms with E-state index in [0.717, 1.165) is 0 Å². The second-order valence-electron chi connectivity index (χ2n) is 21.1. The van der Waals surface area contributed by atoms with Gasteiger partial charge in [-0.2, -0.15) is 0 Å². The van der Waals surface area contributed by atoms with Gasteiger partial charge in [0.25, 0.3) is 6.71 Å². The molecule has 0 saturated heterocycles. The van der Waals surface area contributed by atoms with Crippen molar-refractivity contribution in [2.24, 2.45) is 7.05 Å². The van der Waals surface area contributed by atoms with Crippen LogP contribution in [0.3, 0.4) is 0 Å². The van der Waals surface area contributed by atoms with Gasteiger partial charge in [-0.25, -0.2) is 0 Å². The van der Waals surface area contributed by atoms with Crippen molar-refractivity contribution >= 4 is 99.8 Å². The van der Waals surface area contributed by atoms with Crippen molar-refractivity contribution in [1.82, 2.24) is 4.57 Å². The van der Waals surface area contributed by atoms with Gasteiger partial charge in [-0.3, -0.25) is 0 Å². The van der Waals surface area contributed by atoms with Crippen LogP contribution in [0.5, 0.6) is 0 Å². The molecule has 11 rings (SSSR count). The number of hydrogen-bond donors (Lipinski definition) is 0. The summed E-state index contributed by atoms with van der Waals surface area (Å²) in [5.74, 6) is 0.844. The Labute approximate surface area is 384 Å². The van der Waals surface area contributed by atoms with Crippen molar-refractivity contribution in [1.29, 1.82) is 0 Å². The molecule has 0 saturated carbocycles. The van der Waals surface area contributed by atoms with Crippen molar-refractivity contribution in [3.05, 3.63) is 162 Å². The highest BCUT2D eigenvalue weighted by molar-refractivity contribution is 7.33. The lowest BCUT2D eigenvalue weighted by Crippen LogP contribution is -2.60. The van der Waals surface area contributed by atoms with Crippen LogP contribution < -0.4 is 25.5 Å².